The van der Waals surface area contributed by atoms with Crippen molar-refractivity contribution in [2.24, 2.45) is 11.8 Å². The molecule has 4 aromatic carbocycles. The minimum atomic E-state index is -5.13. The molecule has 2 aliphatic carbocycles. The number of halogens is 4. The molecule has 61 heavy (non-hydrogen) atoms. The van der Waals surface area contributed by atoms with Crippen LogP contribution in [0, 0.1) is 35.1 Å². The number of hydrogen-bond acceptors (Lipinski definition) is 4. The number of benzene rings is 4. The Balaban J connectivity index is 1.31. The van der Waals surface area contributed by atoms with Crippen LogP contribution >= 0.6 is 0 Å². The molecular formula is C48H54F4N2O4S2Ti. The second kappa shape index (κ2) is 20.1. The average molecular weight is 911 g/mol. The van der Waals surface area contributed by atoms with Crippen molar-refractivity contribution in [1.29, 1.82) is 0 Å². The normalized spacial score (nSPS) is 14.4. The topological polar surface area (TPSA) is 92.3 Å². The molecule has 0 fully saturated rings. The Hall–Kier alpha value is -3.91. The fourth-order valence-electron chi connectivity index (χ4n) is 8.56. The van der Waals surface area contributed by atoms with Crippen LogP contribution in [0.4, 0.5) is 17.6 Å². The summed E-state index contributed by atoms with van der Waals surface area (Å²) in [5, 5.41) is 0. The average Bonchev–Trinajstić information content (AvgIpc) is 3.95. The van der Waals surface area contributed by atoms with Gasteiger partial charge in [0, 0.05) is 0 Å². The van der Waals surface area contributed by atoms with Gasteiger partial charge in [-0.15, -0.1) is 0 Å². The van der Waals surface area contributed by atoms with Gasteiger partial charge in [-0.25, -0.2) is 0 Å². The van der Waals surface area contributed by atoms with Crippen LogP contribution in [-0.4, -0.2) is 29.9 Å². The summed E-state index contributed by atoms with van der Waals surface area (Å²) in [5.74, 6) is -3.11. The molecule has 0 heterocycles. The molecule has 6 nitrogen and oxygen atoms in total. The fraction of sp³-hybridized carbons (Fsp3) is 0.333. The van der Waals surface area contributed by atoms with Gasteiger partial charge in [0.2, 0.25) is 0 Å². The maximum atomic E-state index is 17.3. The standard InChI is InChI=1S/2C19H22F2NO2S.2C5H5.Ti/c2*1-14(2)12-16-6-3-4-8-19(16)25(23,24)22-11-5-7-15-9-10-17(20)13-18(15)21;2*1-2-4-5-3-1;/h2*3-4,6,8-10,14,22H,5,7,11-12H2,1-2H3;2*1-3H,4H2;. The molecule has 324 valence electrons. The molecule has 13 heteroatoms. The molecule has 2 aliphatic rings. The zero-order valence-electron chi connectivity index (χ0n) is 35.1. The van der Waals surface area contributed by atoms with Gasteiger partial charge in [0.25, 0.3) is 0 Å². The van der Waals surface area contributed by atoms with Crippen LogP contribution in [-0.2, 0) is 62.3 Å². The Morgan fingerprint density at radius 3 is 1.31 bits per heavy atom. The molecule has 0 aromatic heterocycles. The molecule has 0 atom stereocenters. The van der Waals surface area contributed by atoms with E-state index in [-0.39, 0.29) is 92.1 Å². The number of hydrogen-bond donors (Lipinski definition) is 2. The number of aryl methyl sites for hydroxylation is 2. The summed E-state index contributed by atoms with van der Waals surface area (Å²) in [6.45, 7) is 7.98. The van der Waals surface area contributed by atoms with Crippen molar-refractivity contribution in [3.63, 3.8) is 0 Å². The zero-order chi connectivity index (χ0) is 44.0. The van der Waals surface area contributed by atoms with Crippen LogP contribution in [0.15, 0.2) is 127 Å². The third-order valence-corrected chi connectivity index (χ3v) is 22.3. The van der Waals surface area contributed by atoms with Gasteiger partial charge in [0.15, 0.2) is 0 Å². The number of sulfonamides is 2. The first-order valence-electron chi connectivity index (χ1n) is 20.9. The Labute approximate surface area is 362 Å². The molecule has 4 aromatic rings. The van der Waals surface area contributed by atoms with Gasteiger partial charge >= 0.3 is 337 Å². The Morgan fingerprint density at radius 1 is 0.557 bits per heavy atom. The van der Waals surface area contributed by atoms with Crippen LogP contribution in [0.25, 0.3) is 0 Å². The van der Waals surface area contributed by atoms with Crippen molar-refractivity contribution >= 4 is 27.8 Å². The zero-order valence-corrected chi connectivity index (χ0v) is 38.3. The van der Waals surface area contributed by atoms with E-state index in [1.165, 1.54) is 12.1 Å². The summed E-state index contributed by atoms with van der Waals surface area (Å²) in [4.78, 5) is 0.369. The van der Waals surface area contributed by atoms with Crippen molar-refractivity contribution in [3.8, 4) is 0 Å². The third kappa shape index (κ3) is 10.3. The van der Waals surface area contributed by atoms with E-state index in [0.717, 1.165) is 12.1 Å². The number of allylic oxidation sites excluding steroid dienone is 8. The van der Waals surface area contributed by atoms with E-state index in [2.05, 4.69) is 9.44 Å². The van der Waals surface area contributed by atoms with Crippen molar-refractivity contribution < 1.29 is 51.0 Å². The summed E-state index contributed by atoms with van der Waals surface area (Å²) in [5.41, 5.74) is 1.62. The van der Waals surface area contributed by atoms with Crippen molar-refractivity contribution in [3.05, 3.63) is 163 Å². The summed E-state index contributed by atoms with van der Waals surface area (Å²) in [6.07, 6.45) is 12.6. The monoisotopic (exact) mass is 910 g/mol. The van der Waals surface area contributed by atoms with Crippen LogP contribution in [0.1, 0.15) is 75.6 Å². The van der Waals surface area contributed by atoms with E-state index in [9.17, 15) is 16.8 Å². The number of nitrogens with one attached hydrogen (secondary N) is 2. The second-order valence-corrected chi connectivity index (χ2v) is 26.0. The van der Waals surface area contributed by atoms with E-state index < -0.39 is 59.9 Å². The second-order valence-electron chi connectivity index (χ2n) is 16.6. The molecule has 0 amide bonds. The summed E-state index contributed by atoms with van der Waals surface area (Å²) in [6, 6.07) is 18.5. The quantitative estimate of drug-likeness (QED) is 0.0526. The fourth-order valence-corrected chi connectivity index (χ4v) is 19.6. The molecule has 0 radical (unpaired) electrons. The van der Waals surface area contributed by atoms with E-state index in [0.29, 0.717) is 31.7 Å². The van der Waals surface area contributed by atoms with Gasteiger partial charge in [-0.3, -0.25) is 0 Å². The molecule has 2 N–H and O–H groups in total. The molecule has 0 bridgehead atoms. The predicted molar refractivity (Wildman–Crippen MR) is 233 cm³/mol. The molecule has 0 saturated carbocycles. The first-order chi connectivity index (χ1) is 29.1. The van der Waals surface area contributed by atoms with Gasteiger partial charge in [-0.1, -0.05) is 27.7 Å². The van der Waals surface area contributed by atoms with Gasteiger partial charge in [0.1, 0.15) is 0 Å². The SMILES string of the molecule is CC(C)Cc1ccccc1S(=O)(=O)NCCCc1ccc(F)[c]([Ti]([C]2=CC=CC2)([C]2=CC=CC2)[c]2c(F)ccc(CCCNS(=O)(=O)c3ccccc3CC(C)C)c2F)c1F. The van der Waals surface area contributed by atoms with Crippen LogP contribution < -0.4 is 17.2 Å². The first-order valence-corrected chi connectivity index (χ1v) is 27.0. The molecule has 0 spiro atoms. The van der Waals surface area contributed by atoms with Crippen molar-refractivity contribution in [2.45, 2.75) is 88.9 Å². The molecule has 0 aliphatic heterocycles. The summed E-state index contributed by atoms with van der Waals surface area (Å²) >= 11 is -5.13. The Morgan fingerprint density at radius 2 is 0.951 bits per heavy atom. The maximum absolute atomic E-state index is 17.3. The van der Waals surface area contributed by atoms with E-state index in [1.807, 2.05) is 39.8 Å². The minimum absolute atomic E-state index is 0.0207. The molecule has 0 unspecified atom stereocenters. The Kier molecular flexibility index (Phi) is 15.3. The van der Waals surface area contributed by atoms with Crippen molar-refractivity contribution in [1.82, 2.24) is 9.44 Å². The summed E-state index contributed by atoms with van der Waals surface area (Å²) in [7, 11) is -7.77. The Bertz CT molecular complexity index is 2420. The van der Waals surface area contributed by atoms with Gasteiger partial charge in [0.05, 0.1) is 0 Å². The van der Waals surface area contributed by atoms with Crippen molar-refractivity contribution in [2.75, 3.05) is 13.1 Å². The molecule has 0 saturated heterocycles. The van der Waals surface area contributed by atoms with E-state index in [4.69, 9.17) is 0 Å². The van der Waals surface area contributed by atoms with Crippen LogP contribution in [0.2, 0.25) is 0 Å². The van der Waals surface area contributed by atoms with Gasteiger partial charge in [-0.05, 0) is 0 Å². The molecule has 6 rings (SSSR count). The van der Waals surface area contributed by atoms with Crippen LogP contribution in [0.3, 0.4) is 0 Å². The van der Waals surface area contributed by atoms with E-state index in [1.54, 1.807) is 72.8 Å². The number of rotatable bonds is 20. The van der Waals surface area contributed by atoms with E-state index >= 15 is 17.6 Å². The predicted octanol–water partition coefficient (Wildman–Crippen LogP) is 9.25. The summed E-state index contributed by atoms with van der Waals surface area (Å²) < 4.78 is 127. The first kappa shape index (κ1) is 46.6. The molecular weight excluding hydrogens is 857 g/mol. The van der Waals surface area contributed by atoms with Gasteiger partial charge < -0.3 is 0 Å². The van der Waals surface area contributed by atoms with Gasteiger partial charge in [-0.2, -0.15) is 0 Å². The third-order valence-electron chi connectivity index (χ3n) is 11.2. The van der Waals surface area contributed by atoms with Crippen LogP contribution in [0.5, 0.6) is 0 Å².